The number of benzene rings is 1. The monoisotopic (exact) mass is 316 g/mol. The van der Waals surface area contributed by atoms with Crippen LogP contribution in [0.2, 0.25) is 0 Å². The van der Waals surface area contributed by atoms with E-state index in [1.54, 1.807) is 0 Å². The Morgan fingerprint density at radius 1 is 1.33 bits per heavy atom. The number of carbonyl (C=O) groups excluding carboxylic acids is 1. The van der Waals surface area contributed by atoms with Crippen LogP contribution in [0.3, 0.4) is 0 Å². The van der Waals surface area contributed by atoms with Gasteiger partial charge in [-0.1, -0.05) is 12.1 Å². The van der Waals surface area contributed by atoms with Crippen LogP contribution in [0.15, 0.2) is 29.6 Å². The molecule has 1 aromatic heterocycles. The third-order valence-corrected chi connectivity index (χ3v) is 3.70. The van der Waals surface area contributed by atoms with Gasteiger partial charge < -0.3 is 9.47 Å². The molecular formula is C14H11F3O3S. The standard InChI is InChI=1S/C14H11F3O3S/c1-19-8-20-12-10(6-18)7-21-13(12)9-3-2-4-11(5-9)14(15,16)17/h2-7H,8H2,1H3. The molecule has 1 heterocycles. The number of rotatable bonds is 5. The second kappa shape index (κ2) is 6.28. The number of alkyl halides is 3. The van der Waals surface area contributed by atoms with E-state index in [9.17, 15) is 18.0 Å². The lowest BCUT2D eigenvalue weighted by Crippen LogP contribution is -2.04. The molecule has 0 aliphatic heterocycles. The lowest BCUT2D eigenvalue weighted by Gasteiger charge is -2.10. The largest absolute Gasteiger partial charge is 0.465 e. The number of thiophene rings is 1. The van der Waals surface area contributed by atoms with Crippen molar-refractivity contribution in [2.45, 2.75) is 6.18 Å². The normalized spacial score (nSPS) is 11.4. The van der Waals surface area contributed by atoms with E-state index in [2.05, 4.69) is 0 Å². The zero-order valence-electron chi connectivity index (χ0n) is 10.9. The van der Waals surface area contributed by atoms with Crippen LogP contribution in [0.4, 0.5) is 13.2 Å². The molecule has 0 aliphatic carbocycles. The van der Waals surface area contributed by atoms with E-state index in [0.29, 0.717) is 16.7 Å². The smallest absolute Gasteiger partial charge is 0.416 e. The molecule has 0 saturated carbocycles. The lowest BCUT2D eigenvalue weighted by atomic mass is 10.1. The van der Waals surface area contributed by atoms with E-state index in [1.165, 1.54) is 24.6 Å². The van der Waals surface area contributed by atoms with Crippen molar-refractivity contribution in [3.8, 4) is 16.2 Å². The molecule has 0 amide bonds. The fraction of sp³-hybridized carbons (Fsp3) is 0.214. The first kappa shape index (κ1) is 15.5. The van der Waals surface area contributed by atoms with Crippen molar-refractivity contribution in [1.82, 2.24) is 0 Å². The maximum atomic E-state index is 12.8. The molecule has 3 nitrogen and oxygen atoms in total. The molecule has 1 aromatic carbocycles. The summed E-state index contributed by atoms with van der Waals surface area (Å²) in [6.07, 6.45) is -3.83. The molecule has 2 rings (SSSR count). The lowest BCUT2D eigenvalue weighted by molar-refractivity contribution is -0.137. The first-order valence-corrected chi connectivity index (χ1v) is 6.71. The highest BCUT2D eigenvalue weighted by molar-refractivity contribution is 7.14. The maximum absolute atomic E-state index is 12.8. The predicted molar refractivity (Wildman–Crippen MR) is 72.6 cm³/mol. The highest BCUT2D eigenvalue weighted by Crippen LogP contribution is 2.40. The van der Waals surface area contributed by atoms with Gasteiger partial charge >= 0.3 is 6.18 Å². The predicted octanol–water partition coefficient (Wildman–Crippen LogP) is 4.23. The van der Waals surface area contributed by atoms with Gasteiger partial charge in [-0.15, -0.1) is 11.3 Å². The minimum absolute atomic E-state index is 0.0937. The van der Waals surface area contributed by atoms with E-state index < -0.39 is 11.7 Å². The summed E-state index contributed by atoms with van der Waals surface area (Å²) in [5, 5.41) is 1.54. The Kier molecular flexibility index (Phi) is 4.64. The maximum Gasteiger partial charge on any atom is 0.416 e. The molecule has 112 valence electrons. The van der Waals surface area contributed by atoms with Crippen molar-refractivity contribution in [3.05, 3.63) is 40.8 Å². The van der Waals surface area contributed by atoms with Crippen LogP contribution in [0, 0.1) is 0 Å². The number of halogens is 3. The molecule has 0 N–H and O–H groups in total. The quantitative estimate of drug-likeness (QED) is 0.612. The Hall–Kier alpha value is -1.86. The van der Waals surface area contributed by atoms with Crippen LogP contribution in [0.1, 0.15) is 15.9 Å². The van der Waals surface area contributed by atoms with Gasteiger partial charge in [-0.05, 0) is 17.7 Å². The molecule has 2 aromatic rings. The van der Waals surface area contributed by atoms with Crippen molar-refractivity contribution in [2.75, 3.05) is 13.9 Å². The zero-order chi connectivity index (χ0) is 15.5. The summed E-state index contributed by atoms with van der Waals surface area (Å²) in [7, 11) is 1.41. The van der Waals surface area contributed by atoms with Crippen molar-refractivity contribution < 1.29 is 27.4 Å². The van der Waals surface area contributed by atoms with Gasteiger partial charge in [0.1, 0.15) is 0 Å². The van der Waals surface area contributed by atoms with Crippen molar-refractivity contribution >= 4 is 17.6 Å². The first-order chi connectivity index (χ1) is 9.97. The number of ether oxygens (including phenoxy) is 2. The highest BCUT2D eigenvalue weighted by atomic mass is 32.1. The van der Waals surface area contributed by atoms with Gasteiger partial charge in [0.25, 0.3) is 0 Å². The van der Waals surface area contributed by atoms with Crippen LogP contribution >= 0.6 is 11.3 Å². The second-order valence-electron chi connectivity index (χ2n) is 4.10. The molecule has 0 atom stereocenters. The fourth-order valence-corrected chi connectivity index (χ4v) is 2.70. The van der Waals surface area contributed by atoms with E-state index in [-0.39, 0.29) is 18.1 Å². The van der Waals surface area contributed by atoms with Crippen LogP contribution in [-0.4, -0.2) is 20.2 Å². The van der Waals surface area contributed by atoms with E-state index in [1.807, 2.05) is 0 Å². The fourth-order valence-electron chi connectivity index (χ4n) is 1.74. The van der Waals surface area contributed by atoms with Gasteiger partial charge in [0.15, 0.2) is 18.8 Å². The Labute approximate surface area is 122 Å². The van der Waals surface area contributed by atoms with Gasteiger partial charge in [-0.3, -0.25) is 4.79 Å². The Morgan fingerprint density at radius 3 is 2.71 bits per heavy atom. The SMILES string of the molecule is COCOc1c(C=O)csc1-c1cccc(C(F)(F)F)c1. The van der Waals surface area contributed by atoms with Gasteiger partial charge in [-0.25, -0.2) is 0 Å². The number of carbonyl (C=O) groups is 1. The van der Waals surface area contributed by atoms with Crippen LogP contribution < -0.4 is 4.74 Å². The Balaban J connectivity index is 2.46. The van der Waals surface area contributed by atoms with Gasteiger partial charge in [0.2, 0.25) is 0 Å². The summed E-state index contributed by atoms with van der Waals surface area (Å²) in [5.74, 6) is 0.233. The summed E-state index contributed by atoms with van der Waals surface area (Å²) in [5.41, 5.74) is -0.128. The summed E-state index contributed by atoms with van der Waals surface area (Å²) in [6.45, 7) is -0.0937. The minimum atomic E-state index is -4.42. The molecule has 0 spiro atoms. The third kappa shape index (κ3) is 3.43. The number of methoxy groups -OCH3 is 1. The summed E-state index contributed by atoms with van der Waals surface area (Å²) >= 11 is 1.14. The van der Waals surface area contributed by atoms with Gasteiger partial charge in [-0.2, -0.15) is 13.2 Å². The van der Waals surface area contributed by atoms with E-state index >= 15 is 0 Å². The van der Waals surface area contributed by atoms with Crippen molar-refractivity contribution in [1.29, 1.82) is 0 Å². The molecule has 0 fully saturated rings. The van der Waals surface area contributed by atoms with Gasteiger partial charge in [0.05, 0.1) is 16.0 Å². The molecule has 7 heteroatoms. The Morgan fingerprint density at radius 2 is 2.10 bits per heavy atom. The van der Waals surface area contributed by atoms with Crippen molar-refractivity contribution in [2.24, 2.45) is 0 Å². The van der Waals surface area contributed by atoms with Crippen LogP contribution in [0.25, 0.3) is 10.4 Å². The number of aldehydes is 1. The molecule has 0 bridgehead atoms. The zero-order valence-corrected chi connectivity index (χ0v) is 11.8. The minimum Gasteiger partial charge on any atom is -0.465 e. The van der Waals surface area contributed by atoms with E-state index in [0.717, 1.165) is 23.5 Å². The topological polar surface area (TPSA) is 35.5 Å². The summed E-state index contributed by atoms with van der Waals surface area (Å²) < 4.78 is 48.3. The first-order valence-electron chi connectivity index (χ1n) is 5.83. The second-order valence-corrected chi connectivity index (χ2v) is 4.98. The van der Waals surface area contributed by atoms with Gasteiger partial charge in [0, 0.05) is 12.5 Å². The molecule has 21 heavy (non-hydrogen) atoms. The summed E-state index contributed by atoms with van der Waals surface area (Å²) in [6, 6.07) is 4.88. The number of hydrogen-bond donors (Lipinski definition) is 0. The molecule has 0 radical (unpaired) electrons. The third-order valence-electron chi connectivity index (χ3n) is 2.67. The van der Waals surface area contributed by atoms with Crippen LogP contribution in [0.5, 0.6) is 5.75 Å². The summed E-state index contributed by atoms with van der Waals surface area (Å²) in [4.78, 5) is 11.4. The molecule has 0 unspecified atom stereocenters. The number of hydrogen-bond acceptors (Lipinski definition) is 4. The molecule has 0 aliphatic rings. The van der Waals surface area contributed by atoms with E-state index in [4.69, 9.17) is 9.47 Å². The average molecular weight is 316 g/mol. The highest BCUT2D eigenvalue weighted by Gasteiger charge is 2.30. The Bertz CT molecular complexity index is 635. The molecule has 0 saturated heterocycles. The van der Waals surface area contributed by atoms with Crippen molar-refractivity contribution in [3.63, 3.8) is 0 Å². The van der Waals surface area contributed by atoms with Crippen LogP contribution in [-0.2, 0) is 10.9 Å². The molecular weight excluding hydrogens is 305 g/mol. The average Bonchev–Trinajstić information content (AvgIpc) is 2.87.